The Bertz CT molecular complexity index is 1380. The van der Waals surface area contributed by atoms with Crippen LogP contribution in [0.15, 0.2) is 89.8 Å². The molecule has 3 aromatic carbocycles. The number of ether oxygens (including phenoxy) is 2. The van der Waals surface area contributed by atoms with Gasteiger partial charge in [0, 0.05) is 31.9 Å². The van der Waals surface area contributed by atoms with Gasteiger partial charge in [0.15, 0.2) is 17.8 Å². The van der Waals surface area contributed by atoms with Crippen molar-refractivity contribution >= 4 is 21.7 Å². The Balaban J connectivity index is 1.93. The Morgan fingerprint density at radius 3 is 2.08 bits per heavy atom. The van der Waals surface area contributed by atoms with Crippen LogP contribution in [0.1, 0.15) is 21.5 Å². The van der Waals surface area contributed by atoms with E-state index in [-0.39, 0.29) is 22.6 Å². The lowest BCUT2D eigenvalue weighted by Gasteiger charge is -2.37. The fourth-order valence-corrected chi connectivity index (χ4v) is 6.31. The van der Waals surface area contributed by atoms with E-state index in [1.54, 1.807) is 67.6 Å². The minimum absolute atomic E-state index is 0.0446. The van der Waals surface area contributed by atoms with Crippen molar-refractivity contribution in [2.24, 2.45) is 5.92 Å². The third kappa shape index (κ3) is 4.89. The molecular weight excluding hydrogens is 508 g/mol. The highest BCUT2D eigenvalue weighted by atomic mass is 32.2. The number of carbonyl (C=O) groups excluding carboxylic acids is 2. The lowest BCUT2D eigenvalue weighted by Crippen LogP contribution is -2.57. The molecule has 0 radical (unpaired) electrons. The van der Waals surface area contributed by atoms with Gasteiger partial charge in [0.05, 0.1) is 10.9 Å². The first-order valence-corrected chi connectivity index (χ1v) is 13.4. The SMILES string of the molecule is COC(CNC1C(C(=O)c2ccccc2)C(=O)N(S(=O)(=O)c2ccc(C)cc2)C1(O)c1ccccc1)OC. The molecule has 3 aromatic rings. The van der Waals surface area contributed by atoms with E-state index in [1.165, 1.54) is 38.5 Å². The molecular formula is C28H30N2O7S. The van der Waals surface area contributed by atoms with Gasteiger partial charge in [-0.2, -0.15) is 4.31 Å². The number of sulfonamides is 1. The zero-order chi connectivity index (χ0) is 27.5. The Labute approximate surface area is 222 Å². The molecule has 3 atom stereocenters. The van der Waals surface area contributed by atoms with Gasteiger partial charge in [0.1, 0.15) is 5.92 Å². The van der Waals surface area contributed by atoms with Gasteiger partial charge >= 0.3 is 0 Å². The van der Waals surface area contributed by atoms with E-state index in [0.29, 0.717) is 4.31 Å². The van der Waals surface area contributed by atoms with Crippen LogP contribution in [-0.2, 0) is 30.0 Å². The van der Waals surface area contributed by atoms with Crippen molar-refractivity contribution in [2.45, 2.75) is 29.9 Å². The van der Waals surface area contributed by atoms with Crippen LogP contribution >= 0.6 is 0 Å². The molecule has 0 aliphatic carbocycles. The van der Waals surface area contributed by atoms with Gasteiger partial charge in [0.25, 0.3) is 15.9 Å². The Morgan fingerprint density at radius 2 is 1.53 bits per heavy atom. The summed E-state index contributed by atoms with van der Waals surface area (Å²) in [5, 5.41) is 15.4. The molecule has 0 bridgehead atoms. The average molecular weight is 539 g/mol. The third-order valence-corrected chi connectivity index (χ3v) is 8.48. The summed E-state index contributed by atoms with van der Waals surface area (Å²) in [6.07, 6.45) is -0.791. The van der Waals surface area contributed by atoms with E-state index in [1.807, 2.05) is 0 Å². The number of nitrogens with one attached hydrogen (secondary N) is 1. The van der Waals surface area contributed by atoms with Crippen molar-refractivity contribution in [3.8, 4) is 0 Å². The van der Waals surface area contributed by atoms with Gasteiger partial charge in [-0.1, -0.05) is 78.4 Å². The second-order valence-corrected chi connectivity index (χ2v) is 10.8. The number of ketones is 1. The number of hydrogen-bond donors (Lipinski definition) is 2. The van der Waals surface area contributed by atoms with Crippen LogP contribution in [0.5, 0.6) is 0 Å². The van der Waals surface area contributed by atoms with E-state index in [0.717, 1.165) is 5.56 Å². The van der Waals surface area contributed by atoms with Crippen LogP contribution in [0.4, 0.5) is 0 Å². The van der Waals surface area contributed by atoms with Crippen LogP contribution in [0.3, 0.4) is 0 Å². The molecule has 9 nitrogen and oxygen atoms in total. The number of carbonyl (C=O) groups is 2. The summed E-state index contributed by atoms with van der Waals surface area (Å²) in [4.78, 5) is 27.6. The number of rotatable bonds is 10. The number of benzene rings is 3. The summed E-state index contributed by atoms with van der Waals surface area (Å²) >= 11 is 0. The molecule has 3 unspecified atom stereocenters. The monoisotopic (exact) mass is 538 g/mol. The summed E-state index contributed by atoms with van der Waals surface area (Å²) in [5.74, 6) is -3.25. The largest absolute Gasteiger partial charge is 0.365 e. The first kappa shape index (κ1) is 27.6. The van der Waals surface area contributed by atoms with Crippen LogP contribution in [-0.4, -0.2) is 62.6 Å². The van der Waals surface area contributed by atoms with Gasteiger partial charge < -0.3 is 19.9 Å². The maximum Gasteiger partial charge on any atom is 0.269 e. The van der Waals surface area contributed by atoms with E-state index in [9.17, 15) is 23.1 Å². The number of hydrogen-bond acceptors (Lipinski definition) is 8. The summed E-state index contributed by atoms with van der Waals surface area (Å²) < 4.78 is 38.9. The van der Waals surface area contributed by atoms with Crippen LogP contribution in [0.2, 0.25) is 0 Å². The summed E-state index contributed by atoms with van der Waals surface area (Å²) in [6.45, 7) is 1.76. The first-order valence-electron chi connectivity index (χ1n) is 12.0. The molecule has 1 heterocycles. The zero-order valence-corrected chi connectivity index (χ0v) is 22.1. The number of Topliss-reactive ketones (excluding diaryl/α,β-unsaturated/α-hetero) is 1. The topological polar surface area (TPSA) is 122 Å². The van der Waals surface area contributed by atoms with Crippen molar-refractivity contribution in [3.05, 3.63) is 102 Å². The fourth-order valence-electron chi connectivity index (χ4n) is 4.68. The molecule has 1 aliphatic rings. The predicted octanol–water partition coefficient (Wildman–Crippen LogP) is 2.45. The van der Waals surface area contributed by atoms with E-state index in [4.69, 9.17) is 9.47 Å². The molecule has 1 saturated heterocycles. The van der Waals surface area contributed by atoms with Crippen molar-refractivity contribution in [3.63, 3.8) is 0 Å². The smallest absolute Gasteiger partial charge is 0.269 e. The van der Waals surface area contributed by atoms with Crippen molar-refractivity contribution in [1.82, 2.24) is 9.62 Å². The highest BCUT2D eigenvalue weighted by molar-refractivity contribution is 7.89. The van der Waals surface area contributed by atoms with Crippen LogP contribution in [0, 0.1) is 12.8 Å². The van der Waals surface area contributed by atoms with Gasteiger partial charge in [-0.3, -0.25) is 9.59 Å². The Hall–Kier alpha value is -3.41. The predicted molar refractivity (Wildman–Crippen MR) is 139 cm³/mol. The average Bonchev–Trinajstić information content (AvgIpc) is 3.17. The maximum absolute atomic E-state index is 14.1. The molecule has 1 fully saturated rings. The summed E-state index contributed by atoms with van der Waals surface area (Å²) in [7, 11) is -1.78. The second-order valence-electron chi connectivity index (χ2n) is 9.01. The second kappa shape index (κ2) is 11.1. The Morgan fingerprint density at radius 1 is 0.974 bits per heavy atom. The highest BCUT2D eigenvalue weighted by Crippen LogP contribution is 2.45. The maximum atomic E-state index is 14.1. The standard InChI is InChI=1S/C28H30N2O7S/c1-19-14-16-22(17-15-19)38(34,35)30-27(32)24(25(31)20-10-6-4-7-11-20)26(29-18-23(36-2)37-3)28(30,33)21-12-8-5-9-13-21/h4-17,23-24,26,29,33H,18H2,1-3H3. The minimum atomic E-state index is -4.61. The number of aryl methyl sites for hydroxylation is 1. The van der Waals surface area contributed by atoms with Gasteiger partial charge in [-0.25, -0.2) is 8.42 Å². The first-order chi connectivity index (χ1) is 18.2. The third-order valence-electron chi connectivity index (χ3n) is 6.67. The molecule has 38 heavy (non-hydrogen) atoms. The van der Waals surface area contributed by atoms with Crippen molar-refractivity contribution < 1.29 is 32.6 Å². The molecule has 2 N–H and O–H groups in total. The molecule has 0 saturated carbocycles. The number of amides is 1. The molecule has 1 aliphatic heterocycles. The fraction of sp³-hybridized carbons (Fsp3) is 0.286. The molecule has 1 amide bonds. The normalized spacial score (nSPS) is 21.7. The number of nitrogens with zero attached hydrogens (tertiary/aromatic N) is 1. The molecule has 200 valence electrons. The van der Waals surface area contributed by atoms with Gasteiger partial charge in [-0.05, 0) is 19.1 Å². The Kier molecular flexibility index (Phi) is 8.10. The van der Waals surface area contributed by atoms with E-state index in [2.05, 4.69) is 5.32 Å². The minimum Gasteiger partial charge on any atom is -0.365 e. The van der Waals surface area contributed by atoms with E-state index >= 15 is 0 Å². The summed E-state index contributed by atoms with van der Waals surface area (Å²) in [6, 6.07) is 20.6. The number of aliphatic hydroxyl groups is 1. The lowest BCUT2D eigenvalue weighted by atomic mass is 9.85. The summed E-state index contributed by atoms with van der Waals surface area (Å²) in [5.41, 5.74) is -1.31. The van der Waals surface area contributed by atoms with Crippen molar-refractivity contribution in [2.75, 3.05) is 20.8 Å². The van der Waals surface area contributed by atoms with Gasteiger partial charge in [0.2, 0.25) is 0 Å². The van der Waals surface area contributed by atoms with Crippen LogP contribution in [0.25, 0.3) is 0 Å². The van der Waals surface area contributed by atoms with E-state index < -0.39 is 45.7 Å². The zero-order valence-electron chi connectivity index (χ0n) is 21.3. The quantitative estimate of drug-likeness (QED) is 0.229. The molecule has 0 aromatic heterocycles. The van der Waals surface area contributed by atoms with Gasteiger partial charge in [-0.15, -0.1) is 0 Å². The highest BCUT2D eigenvalue weighted by Gasteiger charge is 2.65. The molecule has 10 heteroatoms. The molecule has 4 rings (SSSR count). The number of methoxy groups -OCH3 is 2. The lowest BCUT2D eigenvalue weighted by molar-refractivity contribution is -0.136. The van der Waals surface area contributed by atoms with Crippen LogP contribution < -0.4 is 5.32 Å². The van der Waals surface area contributed by atoms with Crippen molar-refractivity contribution in [1.29, 1.82) is 0 Å². The molecule has 0 spiro atoms.